The first-order valence-electron chi connectivity index (χ1n) is 8.46. The molecule has 0 fully saturated rings. The van der Waals surface area contributed by atoms with Gasteiger partial charge >= 0.3 is 0 Å². The highest BCUT2D eigenvalue weighted by Gasteiger charge is 2.09. The number of hydrogen-bond acceptors (Lipinski definition) is 5. The highest BCUT2D eigenvalue weighted by atomic mass is 16.5. The predicted molar refractivity (Wildman–Crippen MR) is 105 cm³/mol. The molecule has 3 rings (SSSR count). The van der Waals surface area contributed by atoms with Gasteiger partial charge in [0.2, 0.25) is 0 Å². The molecule has 0 spiro atoms. The lowest BCUT2D eigenvalue weighted by Crippen LogP contribution is -2.22. The van der Waals surface area contributed by atoms with E-state index >= 15 is 0 Å². The first kappa shape index (κ1) is 18.3. The Kier molecular flexibility index (Phi) is 5.89. The maximum atomic E-state index is 12.4. The molecule has 3 aromatic rings. The lowest BCUT2D eigenvalue weighted by Gasteiger charge is -2.12. The Morgan fingerprint density at radius 2 is 1.70 bits per heavy atom. The van der Waals surface area contributed by atoms with Crippen LogP contribution in [0.3, 0.4) is 0 Å². The lowest BCUT2D eigenvalue weighted by atomic mass is 10.2. The van der Waals surface area contributed by atoms with Crippen LogP contribution < -0.4 is 20.1 Å². The van der Waals surface area contributed by atoms with E-state index in [1.807, 2.05) is 48.5 Å². The maximum absolute atomic E-state index is 12.4. The molecule has 0 aliphatic carbocycles. The van der Waals surface area contributed by atoms with Crippen LogP contribution in [-0.2, 0) is 6.54 Å². The van der Waals surface area contributed by atoms with Crippen molar-refractivity contribution in [3.05, 3.63) is 78.1 Å². The summed E-state index contributed by atoms with van der Waals surface area (Å²) in [4.78, 5) is 16.5. The van der Waals surface area contributed by atoms with Gasteiger partial charge in [0.25, 0.3) is 5.91 Å². The molecule has 0 unspecified atom stereocenters. The normalized spacial score (nSPS) is 10.1. The van der Waals surface area contributed by atoms with Crippen molar-refractivity contribution in [1.82, 2.24) is 10.3 Å². The van der Waals surface area contributed by atoms with E-state index in [4.69, 9.17) is 9.47 Å². The molecule has 1 aromatic heterocycles. The highest BCUT2D eigenvalue weighted by molar-refractivity contribution is 5.94. The molecular weight excluding hydrogens is 342 g/mol. The standard InChI is InChI=1S/C21H21N3O3/c1-26-19-9-8-17(11-20(19)27-2)24-18-10-16(13-22-14-18)21(25)23-12-15-6-4-3-5-7-15/h3-11,13-14,24H,12H2,1-2H3,(H,23,25). The van der Waals surface area contributed by atoms with Gasteiger partial charge < -0.3 is 20.1 Å². The summed E-state index contributed by atoms with van der Waals surface area (Å²) in [6.45, 7) is 0.465. The predicted octanol–water partition coefficient (Wildman–Crippen LogP) is 3.77. The molecule has 2 aromatic carbocycles. The molecule has 27 heavy (non-hydrogen) atoms. The Morgan fingerprint density at radius 3 is 2.44 bits per heavy atom. The topological polar surface area (TPSA) is 72.5 Å². The summed E-state index contributed by atoms with van der Waals surface area (Å²) in [6, 6.07) is 17.0. The molecule has 0 saturated heterocycles. The van der Waals surface area contributed by atoms with Gasteiger partial charge in [0, 0.05) is 24.5 Å². The number of rotatable bonds is 7. The van der Waals surface area contributed by atoms with Crippen LogP contribution in [0.4, 0.5) is 11.4 Å². The molecule has 2 N–H and O–H groups in total. The average molecular weight is 363 g/mol. The summed E-state index contributed by atoms with van der Waals surface area (Å²) in [5.41, 5.74) is 3.03. The zero-order chi connectivity index (χ0) is 19.1. The van der Waals surface area contributed by atoms with Crippen LogP contribution in [0.25, 0.3) is 0 Å². The van der Waals surface area contributed by atoms with Crippen LogP contribution in [0.2, 0.25) is 0 Å². The second kappa shape index (κ2) is 8.71. The fourth-order valence-corrected chi connectivity index (χ4v) is 2.59. The van der Waals surface area contributed by atoms with Crippen molar-refractivity contribution in [2.45, 2.75) is 6.54 Å². The van der Waals surface area contributed by atoms with Crippen LogP contribution in [0, 0.1) is 0 Å². The number of anilines is 2. The molecular formula is C21H21N3O3. The third kappa shape index (κ3) is 4.76. The van der Waals surface area contributed by atoms with Gasteiger partial charge in [0.1, 0.15) is 0 Å². The largest absolute Gasteiger partial charge is 0.493 e. The highest BCUT2D eigenvalue weighted by Crippen LogP contribution is 2.31. The summed E-state index contributed by atoms with van der Waals surface area (Å²) in [5.74, 6) is 1.09. The number of amides is 1. The zero-order valence-electron chi connectivity index (χ0n) is 15.2. The van der Waals surface area contributed by atoms with Crippen molar-refractivity contribution in [2.75, 3.05) is 19.5 Å². The second-order valence-corrected chi connectivity index (χ2v) is 5.83. The van der Waals surface area contributed by atoms with Crippen molar-refractivity contribution in [1.29, 1.82) is 0 Å². The smallest absolute Gasteiger partial charge is 0.253 e. The number of carbonyl (C=O) groups is 1. The summed E-state index contributed by atoms with van der Waals surface area (Å²) in [6.07, 6.45) is 3.20. The van der Waals surface area contributed by atoms with Crippen molar-refractivity contribution < 1.29 is 14.3 Å². The maximum Gasteiger partial charge on any atom is 0.253 e. The first-order chi connectivity index (χ1) is 13.2. The van der Waals surface area contributed by atoms with Gasteiger partial charge in [-0.2, -0.15) is 0 Å². The number of pyridine rings is 1. The Morgan fingerprint density at radius 1 is 0.926 bits per heavy atom. The van der Waals surface area contributed by atoms with Crippen molar-refractivity contribution in [3.63, 3.8) is 0 Å². The van der Waals surface area contributed by atoms with E-state index in [0.717, 1.165) is 11.3 Å². The minimum Gasteiger partial charge on any atom is -0.493 e. The third-order valence-electron chi connectivity index (χ3n) is 3.97. The van der Waals surface area contributed by atoms with Gasteiger partial charge in [0.05, 0.1) is 31.7 Å². The van der Waals surface area contributed by atoms with Gasteiger partial charge in [0.15, 0.2) is 11.5 Å². The first-order valence-corrected chi connectivity index (χ1v) is 8.46. The number of ether oxygens (including phenoxy) is 2. The number of nitrogens with one attached hydrogen (secondary N) is 2. The van der Waals surface area contributed by atoms with Crippen LogP contribution in [0.1, 0.15) is 15.9 Å². The van der Waals surface area contributed by atoms with Crippen molar-refractivity contribution in [2.24, 2.45) is 0 Å². The molecule has 138 valence electrons. The molecule has 0 atom stereocenters. The number of methoxy groups -OCH3 is 2. The monoisotopic (exact) mass is 363 g/mol. The lowest BCUT2D eigenvalue weighted by molar-refractivity contribution is 0.0950. The molecule has 0 aliphatic rings. The second-order valence-electron chi connectivity index (χ2n) is 5.83. The molecule has 6 nitrogen and oxygen atoms in total. The van der Waals surface area contributed by atoms with E-state index in [9.17, 15) is 4.79 Å². The van der Waals surface area contributed by atoms with E-state index in [-0.39, 0.29) is 5.91 Å². The van der Waals surface area contributed by atoms with Crippen LogP contribution in [0.5, 0.6) is 11.5 Å². The summed E-state index contributed by atoms with van der Waals surface area (Å²) >= 11 is 0. The average Bonchev–Trinajstić information content (AvgIpc) is 2.73. The van der Waals surface area contributed by atoms with Gasteiger partial charge in [-0.1, -0.05) is 30.3 Å². The van der Waals surface area contributed by atoms with E-state index in [0.29, 0.717) is 29.3 Å². The van der Waals surface area contributed by atoms with E-state index < -0.39 is 0 Å². The van der Waals surface area contributed by atoms with Crippen LogP contribution in [-0.4, -0.2) is 25.1 Å². The minimum atomic E-state index is -0.178. The Labute approximate surface area is 158 Å². The summed E-state index contributed by atoms with van der Waals surface area (Å²) in [5, 5.41) is 6.12. The molecule has 0 radical (unpaired) electrons. The van der Waals surface area contributed by atoms with Crippen molar-refractivity contribution >= 4 is 17.3 Å². The van der Waals surface area contributed by atoms with Gasteiger partial charge in [-0.05, 0) is 23.8 Å². The van der Waals surface area contributed by atoms with Gasteiger partial charge in [-0.15, -0.1) is 0 Å². The van der Waals surface area contributed by atoms with E-state index in [1.165, 1.54) is 0 Å². The number of carbonyl (C=O) groups excluding carboxylic acids is 1. The Hall–Kier alpha value is -3.54. The van der Waals surface area contributed by atoms with Crippen LogP contribution >= 0.6 is 0 Å². The van der Waals surface area contributed by atoms with Gasteiger partial charge in [-0.3, -0.25) is 9.78 Å². The fraction of sp³-hybridized carbons (Fsp3) is 0.143. The minimum absolute atomic E-state index is 0.178. The number of nitrogens with zero attached hydrogens (tertiary/aromatic N) is 1. The molecule has 0 aliphatic heterocycles. The van der Waals surface area contributed by atoms with Crippen molar-refractivity contribution in [3.8, 4) is 11.5 Å². The molecule has 0 saturated carbocycles. The van der Waals surface area contributed by atoms with E-state index in [2.05, 4.69) is 15.6 Å². The fourth-order valence-electron chi connectivity index (χ4n) is 2.59. The Bertz CT molecular complexity index is 914. The molecule has 1 amide bonds. The van der Waals surface area contributed by atoms with Crippen LogP contribution in [0.15, 0.2) is 67.0 Å². The molecule has 0 bridgehead atoms. The Balaban J connectivity index is 1.69. The summed E-state index contributed by atoms with van der Waals surface area (Å²) in [7, 11) is 3.17. The van der Waals surface area contributed by atoms with E-state index in [1.54, 1.807) is 32.7 Å². The van der Waals surface area contributed by atoms with Gasteiger partial charge in [-0.25, -0.2) is 0 Å². The number of aromatic nitrogens is 1. The quantitative estimate of drug-likeness (QED) is 0.668. The molecule has 1 heterocycles. The number of hydrogen-bond donors (Lipinski definition) is 2. The number of benzene rings is 2. The zero-order valence-corrected chi connectivity index (χ0v) is 15.2. The SMILES string of the molecule is COc1ccc(Nc2cncc(C(=O)NCc3ccccc3)c2)cc1OC. The third-order valence-corrected chi connectivity index (χ3v) is 3.97. The summed E-state index contributed by atoms with van der Waals surface area (Å²) < 4.78 is 10.5. The molecule has 6 heteroatoms.